The van der Waals surface area contributed by atoms with Crippen LogP contribution in [0.5, 0.6) is 0 Å². The van der Waals surface area contributed by atoms with Gasteiger partial charge in [-0.25, -0.2) is 38.4 Å². The Kier molecular flexibility index (Phi) is 51.1. The van der Waals surface area contributed by atoms with E-state index in [2.05, 4.69) is 35.5 Å². The number of nitrogens with one attached hydrogen (secondary N) is 4. The quantitative estimate of drug-likeness (QED) is 0.0371. The summed E-state index contributed by atoms with van der Waals surface area (Å²) in [6.45, 7) is 12.4. The van der Waals surface area contributed by atoms with E-state index in [0.717, 1.165) is 196 Å². The summed E-state index contributed by atoms with van der Waals surface area (Å²) >= 11 is 0. The zero-order valence-corrected chi connectivity index (χ0v) is 64.7. The molecular weight excluding hydrogens is 1460 g/mol. The van der Waals surface area contributed by atoms with Crippen LogP contribution in [-0.4, -0.2) is 263 Å². The number of hydrogen-bond acceptors (Lipinski definition) is 23. The monoisotopic (exact) mass is 1570 g/mol. The third kappa shape index (κ3) is 46.8. The Morgan fingerprint density at radius 3 is 0.883 bits per heavy atom. The van der Waals surface area contributed by atoms with Gasteiger partial charge in [-0.15, -0.1) is 0 Å². The lowest BCUT2D eigenvalue weighted by atomic mass is 10.2. The maximum Gasteiger partial charge on any atom is 0.332 e. The van der Waals surface area contributed by atoms with Gasteiger partial charge in [0.15, 0.2) is 12.5 Å². The summed E-state index contributed by atoms with van der Waals surface area (Å²) in [6, 6.07) is 0. The molecule has 4 atom stereocenters. The molecule has 6 saturated heterocycles. The highest BCUT2D eigenvalue weighted by molar-refractivity contribution is 5.97. The molecule has 0 bridgehead atoms. The number of likely N-dealkylation sites (tertiary alicyclic amines) is 6. The van der Waals surface area contributed by atoms with Crippen LogP contribution in [0.1, 0.15) is 182 Å². The minimum Gasteiger partial charge on any atom is -0.478 e. The van der Waals surface area contributed by atoms with Gasteiger partial charge in [0.05, 0.1) is 21.3 Å². The minimum atomic E-state index is -1.22. The van der Waals surface area contributed by atoms with E-state index in [4.69, 9.17) is 24.8 Å². The SMILES string of the molecule is CC(NC(=O)C=CC(=O)O)N1CCCCCC1=O.CC(OC(=O)C=CC(=O)O)N1CCCCCC1=O.COC(=O)C=CC(=O)NC(C)N1CCCCCC1=O.COC(=O)C=CC(=O)NCCN1CCCCCC1=O.COC(=O)C=CC(=O)OC(C)N1CCCCCC1=O.O=C(O)C=CC(=O)NCCN1CCCCCC1=O. The summed E-state index contributed by atoms with van der Waals surface area (Å²) in [4.78, 5) is 212. The van der Waals surface area contributed by atoms with Gasteiger partial charge in [0.25, 0.3) is 0 Å². The summed E-state index contributed by atoms with van der Waals surface area (Å²) in [5.74, 6) is -8.21. The zero-order valence-electron chi connectivity index (χ0n) is 64.7. The third-order valence-electron chi connectivity index (χ3n) is 17.1. The van der Waals surface area contributed by atoms with Crippen molar-refractivity contribution in [1.82, 2.24) is 50.7 Å². The first kappa shape index (κ1) is 97.9. The molecule has 6 aliphatic heterocycles. The zero-order chi connectivity index (χ0) is 83.1. The average Bonchev–Trinajstić information content (AvgIpc) is 1.71. The molecule has 6 aliphatic rings. The number of hydrogen-bond donors (Lipinski definition) is 7. The molecule has 36 nitrogen and oxygen atoms in total. The fraction of sp³-hybridized carbons (Fsp3) is 0.600. The molecule has 0 spiro atoms. The second kappa shape index (κ2) is 57.9. The van der Waals surface area contributed by atoms with Crippen molar-refractivity contribution in [3.63, 3.8) is 0 Å². The van der Waals surface area contributed by atoms with Gasteiger partial charge < -0.3 is 89.7 Å². The first-order chi connectivity index (χ1) is 52.8. The van der Waals surface area contributed by atoms with E-state index in [9.17, 15) is 86.3 Å². The Morgan fingerprint density at radius 1 is 0.315 bits per heavy atom. The van der Waals surface area contributed by atoms with Crippen LogP contribution in [0.25, 0.3) is 0 Å². The molecule has 618 valence electrons. The number of carbonyl (C=O) groups excluding carboxylic acids is 15. The summed E-state index contributed by atoms with van der Waals surface area (Å²) in [6.07, 6.45) is 29.7. The van der Waals surface area contributed by atoms with Crippen molar-refractivity contribution in [2.24, 2.45) is 0 Å². The summed E-state index contributed by atoms with van der Waals surface area (Å²) in [5, 5.41) is 35.5. The molecule has 0 saturated carbocycles. The average molecular weight is 1570 g/mol. The van der Waals surface area contributed by atoms with Gasteiger partial charge in [0.2, 0.25) is 59.1 Å². The molecule has 0 aromatic heterocycles. The van der Waals surface area contributed by atoms with E-state index < -0.39 is 84.1 Å². The topological polar surface area (TPSA) is 482 Å². The Morgan fingerprint density at radius 2 is 0.559 bits per heavy atom. The maximum absolute atomic E-state index is 11.8. The smallest absolute Gasteiger partial charge is 0.332 e. The summed E-state index contributed by atoms with van der Waals surface area (Å²) in [5.41, 5.74) is 0. The number of aliphatic carboxylic acids is 3. The second-order valence-corrected chi connectivity index (χ2v) is 25.6. The molecule has 0 radical (unpaired) electrons. The van der Waals surface area contributed by atoms with Crippen molar-refractivity contribution in [2.45, 2.75) is 207 Å². The number of carbonyl (C=O) groups is 18. The molecule has 0 aromatic carbocycles. The predicted molar refractivity (Wildman–Crippen MR) is 397 cm³/mol. The molecular formula is C75H112N10O26. The second-order valence-electron chi connectivity index (χ2n) is 25.6. The molecule has 7 N–H and O–H groups in total. The largest absolute Gasteiger partial charge is 0.478 e. The predicted octanol–water partition coefficient (Wildman–Crippen LogP) is 3.38. The van der Waals surface area contributed by atoms with Crippen LogP contribution in [0.4, 0.5) is 0 Å². The van der Waals surface area contributed by atoms with Gasteiger partial charge in [0, 0.05) is 177 Å². The van der Waals surface area contributed by atoms with Gasteiger partial charge in [-0.2, -0.15) is 0 Å². The molecule has 10 amide bonds. The van der Waals surface area contributed by atoms with E-state index in [0.29, 0.717) is 97.0 Å². The number of amides is 10. The van der Waals surface area contributed by atoms with E-state index in [1.807, 2.05) is 0 Å². The van der Waals surface area contributed by atoms with Crippen LogP contribution in [0.2, 0.25) is 0 Å². The normalized spacial score (nSPS) is 17.6. The maximum atomic E-state index is 11.8. The molecule has 6 rings (SSSR count). The van der Waals surface area contributed by atoms with Gasteiger partial charge in [-0.1, -0.05) is 38.5 Å². The lowest BCUT2D eigenvalue weighted by molar-refractivity contribution is -0.160. The number of carboxylic acids is 3. The van der Waals surface area contributed by atoms with Crippen LogP contribution < -0.4 is 21.3 Å². The molecule has 0 aromatic rings. The van der Waals surface area contributed by atoms with E-state index in [-0.39, 0.29) is 47.5 Å². The van der Waals surface area contributed by atoms with Crippen LogP contribution in [0.3, 0.4) is 0 Å². The molecule has 0 aliphatic carbocycles. The lowest BCUT2D eigenvalue weighted by Crippen LogP contribution is -2.48. The number of esters is 5. The van der Waals surface area contributed by atoms with Crippen LogP contribution in [0.15, 0.2) is 72.9 Å². The van der Waals surface area contributed by atoms with Gasteiger partial charge >= 0.3 is 47.8 Å². The van der Waals surface area contributed by atoms with Crippen molar-refractivity contribution in [3.8, 4) is 0 Å². The Balaban J connectivity index is 0.000000666. The first-order valence-electron chi connectivity index (χ1n) is 37.1. The highest BCUT2D eigenvalue weighted by Crippen LogP contribution is 2.19. The number of carboxylic acid groups (broad SMARTS) is 3. The fourth-order valence-electron chi connectivity index (χ4n) is 11.2. The van der Waals surface area contributed by atoms with E-state index in [1.165, 1.54) is 26.2 Å². The minimum absolute atomic E-state index is 0.00486. The van der Waals surface area contributed by atoms with Crippen molar-refractivity contribution in [1.29, 1.82) is 0 Å². The summed E-state index contributed by atoms with van der Waals surface area (Å²) in [7, 11) is 3.70. The molecule has 36 heteroatoms. The van der Waals surface area contributed by atoms with Crippen molar-refractivity contribution in [3.05, 3.63) is 72.9 Å². The highest BCUT2D eigenvalue weighted by Gasteiger charge is 2.28. The summed E-state index contributed by atoms with van der Waals surface area (Å²) < 4.78 is 23.2. The van der Waals surface area contributed by atoms with E-state index >= 15 is 0 Å². The number of rotatable bonds is 26. The standard InChI is InChI=1S/2C13H20N2O4.C13H19NO5.2C12H18N2O4.C12H17NO5/c1-10(14-11(16)7-8-13(18)19-2)15-9-5-3-4-6-12(15)17;1-19-13(18)7-6-11(16)14-8-10-15-9-4-2-3-5-12(15)17;1-10(14-9-5-3-4-6-11(14)15)19-13(17)8-7-12(16)18-2;1-9(13-10(15)6-7-12(17)18)14-8-4-2-3-5-11(14)16;15-10(5-6-12(17)18)13-7-9-14-8-3-1-2-4-11(14)16;1-9(18-12(17)7-6-11(15)16)13-8-4-2-3-5-10(13)14/h7-8,10H,3-6,9H2,1-2H3,(H,14,16);6-7H,2-5,8-10H2,1H3,(H,14,16);7-8,10H,3-6,9H2,1-2H3;6-7,9H,2-5,8H2,1H3,(H,13,15)(H,17,18);5-6H,1-4,7-9H2,(H,13,15)(H,17,18);6-7,9H,2-5,8H2,1H3,(H,15,16). The molecule has 4 unspecified atom stereocenters. The van der Waals surface area contributed by atoms with Gasteiger partial charge in [-0.05, 0) is 105 Å². The number of nitrogens with zero attached hydrogens (tertiary/aromatic N) is 6. The van der Waals surface area contributed by atoms with Crippen LogP contribution in [-0.2, 0) is 110 Å². The van der Waals surface area contributed by atoms with Crippen molar-refractivity contribution < 1.29 is 125 Å². The third-order valence-corrected chi connectivity index (χ3v) is 17.1. The van der Waals surface area contributed by atoms with Gasteiger partial charge in [-0.3, -0.25) is 47.9 Å². The Labute approximate surface area is 646 Å². The molecule has 111 heavy (non-hydrogen) atoms. The number of methoxy groups -OCH3 is 3. The number of ether oxygens (including phenoxy) is 5. The van der Waals surface area contributed by atoms with Crippen LogP contribution in [0, 0.1) is 0 Å². The highest BCUT2D eigenvalue weighted by atomic mass is 16.6. The lowest BCUT2D eigenvalue weighted by Gasteiger charge is -2.28. The Hall–Kier alpha value is -11.1. The van der Waals surface area contributed by atoms with Crippen molar-refractivity contribution >= 4 is 107 Å². The fourth-order valence-corrected chi connectivity index (χ4v) is 11.2. The molecule has 6 fully saturated rings. The first-order valence-corrected chi connectivity index (χ1v) is 37.1. The van der Waals surface area contributed by atoms with Gasteiger partial charge in [0.1, 0.15) is 12.3 Å². The van der Waals surface area contributed by atoms with E-state index in [1.54, 1.807) is 52.2 Å². The molecule has 6 heterocycles. The van der Waals surface area contributed by atoms with Crippen molar-refractivity contribution in [2.75, 3.05) is 86.8 Å². The Bertz CT molecular complexity index is 3150. The van der Waals surface area contributed by atoms with Crippen LogP contribution >= 0.6 is 0 Å².